The third kappa shape index (κ3) is 3.56. The van der Waals surface area contributed by atoms with Gasteiger partial charge in [-0.2, -0.15) is 13.2 Å². The van der Waals surface area contributed by atoms with Gasteiger partial charge in [0.05, 0.1) is 12.6 Å². The second-order valence-corrected chi connectivity index (χ2v) is 5.82. The van der Waals surface area contributed by atoms with Crippen LogP contribution >= 0.6 is 0 Å². The lowest BCUT2D eigenvalue weighted by Gasteiger charge is -2.49. The predicted molar refractivity (Wildman–Crippen MR) is 65.5 cm³/mol. The summed E-state index contributed by atoms with van der Waals surface area (Å²) in [5.41, 5.74) is -0.268. The lowest BCUT2D eigenvalue weighted by atomic mass is 9.66. The number of likely N-dealkylation sites (tertiary alicyclic amines) is 1. The molecule has 7 heteroatoms. The molecule has 0 aromatic heterocycles. The Morgan fingerprint density at radius 1 is 1.25 bits per heavy atom. The van der Waals surface area contributed by atoms with E-state index in [1.54, 1.807) is 0 Å². The number of rotatable bonds is 2. The largest absolute Gasteiger partial charge is 0.465 e. The molecule has 4 nitrogen and oxygen atoms in total. The molecule has 2 fully saturated rings. The summed E-state index contributed by atoms with van der Waals surface area (Å²) < 4.78 is 42.2. The third-order valence-electron chi connectivity index (χ3n) is 4.52. The highest BCUT2D eigenvalue weighted by Crippen LogP contribution is 2.46. The Bertz CT molecular complexity index is 353. The quantitative estimate of drug-likeness (QED) is 0.850. The van der Waals surface area contributed by atoms with E-state index in [2.05, 4.69) is 0 Å². The van der Waals surface area contributed by atoms with Crippen LogP contribution in [0, 0.1) is 5.41 Å². The van der Waals surface area contributed by atoms with Crippen LogP contribution in [0.1, 0.15) is 38.5 Å². The van der Waals surface area contributed by atoms with Gasteiger partial charge in [-0.1, -0.05) is 19.3 Å². The number of nitrogens with zero attached hydrogens (tertiary/aromatic N) is 1. The fraction of sp³-hybridized carbons (Fsp3) is 0.923. The Morgan fingerprint density at radius 3 is 2.45 bits per heavy atom. The molecule has 2 aliphatic rings. The maximum absolute atomic E-state index is 12.4. The van der Waals surface area contributed by atoms with E-state index in [9.17, 15) is 18.0 Å². The van der Waals surface area contributed by atoms with Crippen molar-refractivity contribution in [2.75, 3.05) is 19.7 Å². The van der Waals surface area contributed by atoms with Gasteiger partial charge in [0.2, 0.25) is 0 Å². The number of carboxylic acid groups (broad SMARTS) is 1. The van der Waals surface area contributed by atoms with E-state index < -0.39 is 25.0 Å². The summed E-state index contributed by atoms with van der Waals surface area (Å²) in [4.78, 5) is 12.2. The molecule has 1 heterocycles. The van der Waals surface area contributed by atoms with Crippen LogP contribution in [-0.2, 0) is 4.74 Å². The molecule has 1 atom stereocenters. The van der Waals surface area contributed by atoms with E-state index in [0.29, 0.717) is 13.0 Å². The van der Waals surface area contributed by atoms with E-state index in [1.165, 1.54) is 4.90 Å². The van der Waals surface area contributed by atoms with Crippen LogP contribution < -0.4 is 0 Å². The number of alkyl halides is 3. The predicted octanol–water partition coefficient (Wildman–Crippen LogP) is 3.27. The first-order valence-electron chi connectivity index (χ1n) is 6.99. The molecule has 1 N–H and O–H groups in total. The summed E-state index contributed by atoms with van der Waals surface area (Å²) in [6.07, 6.45) is -0.769. The minimum atomic E-state index is -4.37. The van der Waals surface area contributed by atoms with Gasteiger partial charge in [0.25, 0.3) is 0 Å². The van der Waals surface area contributed by atoms with E-state index in [1.807, 2.05) is 0 Å². The first-order valence-corrected chi connectivity index (χ1v) is 6.99. The van der Waals surface area contributed by atoms with Gasteiger partial charge in [-0.3, -0.25) is 0 Å². The third-order valence-corrected chi connectivity index (χ3v) is 4.52. The molecule has 1 spiro atoms. The van der Waals surface area contributed by atoms with Gasteiger partial charge in [-0.15, -0.1) is 0 Å². The van der Waals surface area contributed by atoms with Crippen LogP contribution in [0.4, 0.5) is 18.0 Å². The zero-order valence-corrected chi connectivity index (χ0v) is 11.3. The van der Waals surface area contributed by atoms with E-state index >= 15 is 0 Å². The molecule has 1 aliphatic heterocycles. The van der Waals surface area contributed by atoms with E-state index in [-0.39, 0.29) is 12.0 Å². The molecular weight excluding hydrogens is 275 g/mol. The van der Waals surface area contributed by atoms with Gasteiger partial charge in [-0.05, 0) is 19.3 Å². The fourth-order valence-corrected chi connectivity index (χ4v) is 3.43. The van der Waals surface area contributed by atoms with Gasteiger partial charge < -0.3 is 14.7 Å². The number of piperidine rings is 1. The Labute approximate surface area is 115 Å². The number of carbonyl (C=O) groups is 1. The van der Waals surface area contributed by atoms with Crippen molar-refractivity contribution in [3.8, 4) is 0 Å². The highest BCUT2D eigenvalue weighted by atomic mass is 19.4. The molecule has 0 radical (unpaired) electrons. The lowest BCUT2D eigenvalue weighted by molar-refractivity contribution is -0.208. The monoisotopic (exact) mass is 295 g/mol. The zero-order chi connectivity index (χ0) is 14.8. The highest BCUT2D eigenvalue weighted by molar-refractivity contribution is 5.65. The average Bonchev–Trinajstić information content (AvgIpc) is 2.37. The van der Waals surface area contributed by atoms with Gasteiger partial charge >= 0.3 is 12.3 Å². The fourth-order valence-electron chi connectivity index (χ4n) is 3.43. The molecule has 116 valence electrons. The standard InChI is InChI=1S/C13H20F3NO3/c14-13(15,16)9-20-10-8-17(11(18)19)7-6-12(10)4-2-1-3-5-12/h10H,1-9H2,(H,18,19). The molecule has 0 aromatic rings. The topological polar surface area (TPSA) is 49.8 Å². The molecule has 1 unspecified atom stereocenters. The zero-order valence-electron chi connectivity index (χ0n) is 11.3. The van der Waals surface area contributed by atoms with Crippen molar-refractivity contribution in [2.24, 2.45) is 5.41 Å². The molecule has 1 saturated carbocycles. The molecule has 1 amide bonds. The molecule has 0 aromatic carbocycles. The second-order valence-electron chi connectivity index (χ2n) is 5.82. The second kappa shape index (κ2) is 5.79. The molecular formula is C13H20F3NO3. The SMILES string of the molecule is O=C(O)N1CCC2(CCCCC2)C(OCC(F)(F)F)C1. The van der Waals surface area contributed by atoms with Crippen LogP contribution in [0.25, 0.3) is 0 Å². The van der Waals surface area contributed by atoms with Crippen LogP contribution in [0.15, 0.2) is 0 Å². The normalized spacial score (nSPS) is 26.8. The summed E-state index contributed by atoms with van der Waals surface area (Å²) in [5.74, 6) is 0. The average molecular weight is 295 g/mol. The number of hydrogen-bond donors (Lipinski definition) is 1. The van der Waals surface area contributed by atoms with Gasteiger partial charge in [0, 0.05) is 12.0 Å². The van der Waals surface area contributed by atoms with Crippen molar-refractivity contribution >= 4 is 6.09 Å². The minimum Gasteiger partial charge on any atom is -0.465 e. The highest BCUT2D eigenvalue weighted by Gasteiger charge is 2.46. The molecule has 2 rings (SSSR count). The maximum Gasteiger partial charge on any atom is 0.411 e. The van der Waals surface area contributed by atoms with Gasteiger partial charge in [-0.25, -0.2) is 4.79 Å². The van der Waals surface area contributed by atoms with Crippen molar-refractivity contribution in [1.29, 1.82) is 0 Å². The van der Waals surface area contributed by atoms with E-state index in [4.69, 9.17) is 9.84 Å². The summed E-state index contributed by atoms with van der Waals surface area (Å²) in [5, 5.41) is 9.02. The number of ether oxygens (including phenoxy) is 1. The Morgan fingerprint density at radius 2 is 1.90 bits per heavy atom. The Hall–Kier alpha value is -0.980. The maximum atomic E-state index is 12.4. The summed E-state index contributed by atoms with van der Waals surface area (Å²) in [6.45, 7) is -0.862. The first-order chi connectivity index (χ1) is 9.32. The molecule has 20 heavy (non-hydrogen) atoms. The van der Waals surface area contributed by atoms with Crippen LogP contribution in [0.5, 0.6) is 0 Å². The van der Waals surface area contributed by atoms with E-state index in [0.717, 1.165) is 32.1 Å². The van der Waals surface area contributed by atoms with Crippen molar-refractivity contribution < 1.29 is 27.8 Å². The van der Waals surface area contributed by atoms with Crippen molar-refractivity contribution in [3.05, 3.63) is 0 Å². The molecule has 1 aliphatic carbocycles. The number of halogens is 3. The van der Waals surface area contributed by atoms with Crippen LogP contribution in [-0.4, -0.2) is 48.1 Å². The van der Waals surface area contributed by atoms with Crippen molar-refractivity contribution in [1.82, 2.24) is 4.90 Å². The Balaban J connectivity index is 2.07. The number of amides is 1. The summed E-state index contributed by atoms with van der Waals surface area (Å²) in [7, 11) is 0. The summed E-state index contributed by atoms with van der Waals surface area (Å²) in [6, 6.07) is 0. The van der Waals surface area contributed by atoms with Gasteiger partial charge in [0.1, 0.15) is 6.61 Å². The Kier molecular flexibility index (Phi) is 4.46. The van der Waals surface area contributed by atoms with Crippen molar-refractivity contribution in [3.63, 3.8) is 0 Å². The number of hydrogen-bond acceptors (Lipinski definition) is 2. The first kappa shape index (κ1) is 15.4. The van der Waals surface area contributed by atoms with Gasteiger partial charge in [0.15, 0.2) is 0 Å². The summed E-state index contributed by atoms with van der Waals surface area (Å²) >= 11 is 0. The molecule has 1 saturated heterocycles. The molecule has 0 bridgehead atoms. The van der Waals surface area contributed by atoms with Crippen LogP contribution in [0.2, 0.25) is 0 Å². The van der Waals surface area contributed by atoms with Crippen LogP contribution in [0.3, 0.4) is 0 Å². The lowest BCUT2D eigenvalue weighted by Crippen LogP contribution is -2.54. The van der Waals surface area contributed by atoms with Crippen molar-refractivity contribution in [2.45, 2.75) is 50.8 Å². The minimum absolute atomic E-state index is 0.0470. The smallest absolute Gasteiger partial charge is 0.411 e.